The summed E-state index contributed by atoms with van der Waals surface area (Å²) in [6.45, 7) is 1.34. The van der Waals surface area contributed by atoms with Gasteiger partial charge < -0.3 is 5.11 Å². The molecule has 2 aromatic rings. The first kappa shape index (κ1) is 10.3. The maximum absolute atomic E-state index is 11.8. The quantitative estimate of drug-likeness (QED) is 0.779. The molecule has 0 unspecified atom stereocenters. The van der Waals surface area contributed by atoms with Gasteiger partial charge >= 0.3 is 5.97 Å². The van der Waals surface area contributed by atoms with E-state index >= 15 is 0 Å². The number of rotatable bonds is 2. The Balaban J connectivity index is 2.71. The van der Waals surface area contributed by atoms with Crippen LogP contribution < -0.4 is 5.56 Å². The summed E-state index contributed by atoms with van der Waals surface area (Å²) in [7, 11) is 0. The SMILES string of the molecule is Cc1cccc2c(=O)n(CC(=O)O)nnc12. The molecule has 0 radical (unpaired) electrons. The number of fused-ring (bicyclic) bond motifs is 1. The minimum Gasteiger partial charge on any atom is -0.480 e. The largest absolute Gasteiger partial charge is 0.480 e. The molecule has 0 saturated heterocycles. The van der Waals surface area contributed by atoms with Crippen LogP contribution in [-0.2, 0) is 11.3 Å². The van der Waals surface area contributed by atoms with E-state index in [2.05, 4.69) is 10.3 Å². The van der Waals surface area contributed by atoms with Crippen molar-refractivity contribution in [2.45, 2.75) is 13.5 Å². The fourth-order valence-corrected chi connectivity index (χ4v) is 1.47. The zero-order chi connectivity index (χ0) is 11.7. The number of carbonyl (C=O) groups is 1. The maximum atomic E-state index is 11.8. The summed E-state index contributed by atoms with van der Waals surface area (Å²) < 4.78 is 0.837. The van der Waals surface area contributed by atoms with Crippen LogP contribution in [0.15, 0.2) is 23.0 Å². The standard InChI is InChI=1S/C10H9N3O3/c1-6-3-2-4-7-9(6)11-12-13(10(7)16)5-8(14)15/h2-4H,5H2,1H3,(H,14,15). The molecule has 0 atom stereocenters. The highest BCUT2D eigenvalue weighted by molar-refractivity contribution is 5.80. The van der Waals surface area contributed by atoms with Gasteiger partial charge in [-0.05, 0) is 18.6 Å². The molecule has 16 heavy (non-hydrogen) atoms. The Morgan fingerprint density at radius 2 is 2.25 bits per heavy atom. The summed E-state index contributed by atoms with van der Waals surface area (Å²) in [4.78, 5) is 22.3. The summed E-state index contributed by atoms with van der Waals surface area (Å²) in [5.41, 5.74) is 0.912. The first-order valence-electron chi connectivity index (χ1n) is 4.64. The molecule has 0 spiro atoms. The smallest absolute Gasteiger partial charge is 0.325 e. The summed E-state index contributed by atoms with van der Waals surface area (Å²) in [6, 6.07) is 5.15. The van der Waals surface area contributed by atoms with Crippen LogP contribution in [0.3, 0.4) is 0 Å². The van der Waals surface area contributed by atoms with Crippen LogP contribution in [0.2, 0.25) is 0 Å². The van der Waals surface area contributed by atoms with Gasteiger partial charge in [-0.15, -0.1) is 5.10 Å². The average Bonchev–Trinajstić information content (AvgIpc) is 2.23. The molecule has 6 heteroatoms. The molecule has 0 aliphatic rings. The molecule has 0 fully saturated rings. The van der Waals surface area contributed by atoms with Crippen LogP contribution in [0.5, 0.6) is 0 Å². The third kappa shape index (κ3) is 1.65. The number of carboxylic acid groups (broad SMARTS) is 1. The molecule has 0 aliphatic carbocycles. The Morgan fingerprint density at radius 3 is 2.94 bits per heavy atom. The van der Waals surface area contributed by atoms with E-state index in [0.29, 0.717) is 10.9 Å². The summed E-state index contributed by atoms with van der Waals surface area (Å²) in [5.74, 6) is -1.12. The van der Waals surface area contributed by atoms with Crippen molar-refractivity contribution in [2.75, 3.05) is 0 Å². The molecule has 0 saturated carbocycles. The third-order valence-corrected chi connectivity index (χ3v) is 2.24. The van der Waals surface area contributed by atoms with Crippen LogP contribution in [0.4, 0.5) is 0 Å². The van der Waals surface area contributed by atoms with Gasteiger partial charge in [0.2, 0.25) is 0 Å². The highest BCUT2D eigenvalue weighted by Crippen LogP contribution is 2.09. The van der Waals surface area contributed by atoms with Crippen LogP contribution in [0.1, 0.15) is 5.56 Å². The maximum Gasteiger partial charge on any atom is 0.325 e. The molecule has 82 valence electrons. The fourth-order valence-electron chi connectivity index (χ4n) is 1.47. The predicted molar refractivity (Wildman–Crippen MR) is 56.2 cm³/mol. The van der Waals surface area contributed by atoms with Crippen molar-refractivity contribution in [2.24, 2.45) is 0 Å². The van der Waals surface area contributed by atoms with Gasteiger partial charge in [0, 0.05) is 0 Å². The second kappa shape index (κ2) is 3.73. The number of carboxylic acids is 1. The summed E-state index contributed by atoms with van der Waals surface area (Å²) >= 11 is 0. The van der Waals surface area contributed by atoms with Crippen molar-refractivity contribution in [1.82, 2.24) is 15.0 Å². The van der Waals surface area contributed by atoms with Crippen molar-refractivity contribution >= 4 is 16.9 Å². The van der Waals surface area contributed by atoms with E-state index in [9.17, 15) is 9.59 Å². The molecular weight excluding hydrogens is 210 g/mol. The lowest BCUT2D eigenvalue weighted by Gasteiger charge is -2.02. The second-order valence-electron chi connectivity index (χ2n) is 3.42. The van der Waals surface area contributed by atoms with E-state index in [4.69, 9.17) is 5.11 Å². The van der Waals surface area contributed by atoms with Crippen molar-refractivity contribution in [1.29, 1.82) is 0 Å². The van der Waals surface area contributed by atoms with Crippen molar-refractivity contribution < 1.29 is 9.90 Å². The number of aliphatic carboxylic acids is 1. The average molecular weight is 219 g/mol. The molecule has 1 aromatic heterocycles. The highest BCUT2D eigenvalue weighted by Gasteiger charge is 2.09. The first-order valence-corrected chi connectivity index (χ1v) is 4.64. The Morgan fingerprint density at radius 1 is 1.50 bits per heavy atom. The minimum absolute atomic E-state index is 0.385. The van der Waals surface area contributed by atoms with E-state index in [1.165, 1.54) is 0 Å². The van der Waals surface area contributed by atoms with Crippen LogP contribution in [-0.4, -0.2) is 26.1 Å². The second-order valence-corrected chi connectivity index (χ2v) is 3.42. The van der Waals surface area contributed by atoms with Crippen LogP contribution >= 0.6 is 0 Å². The van der Waals surface area contributed by atoms with Gasteiger partial charge in [-0.3, -0.25) is 9.59 Å². The van der Waals surface area contributed by atoms with E-state index in [1.807, 2.05) is 13.0 Å². The Labute approximate surface area is 90.1 Å². The number of nitrogens with zero attached hydrogens (tertiary/aromatic N) is 3. The molecule has 1 N–H and O–H groups in total. The topological polar surface area (TPSA) is 85.1 Å². The Bertz CT molecular complexity index is 618. The summed E-state index contributed by atoms with van der Waals surface area (Å²) in [5, 5.41) is 16.4. The first-order chi connectivity index (χ1) is 7.59. The van der Waals surface area contributed by atoms with Crippen LogP contribution in [0, 0.1) is 6.92 Å². The molecule has 6 nitrogen and oxygen atoms in total. The fraction of sp³-hybridized carbons (Fsp3) is 0.200. The van der Waals surface area contributed by atoms with Crippen molar-refractivity contribution in [3.8, 4) is 0 Å². The molecule has 0 bridgehead atoms. The third-order valence-electron chi connectivity index (χ3n) is 2.24. The Kier molecular flexibility index (Phi) is 2.40. The van der Waals surface area contributed by atoms with E-state index in [1.54, 1.807) is 12.1 Å². The van der Waals surface area contributed by atoms with Gasteiger partial charge in [0.15, 0.2) is 0 Å². The number of benzene rings is 1. The van der Waals surface area contributed by atoms with Gasteiger partial charge in [-0.1, -0.05) is 17.3 Å². The lowest BCUT2D eigenvalue weighted by Crippen LogP contribution is -2.27. The molecule has 1 heterocycles. The lowest BCUT2D eigenvalue weighted by molar-refractivity contribution is -0.138. The van der Waals surface area contributed by atoms with Crippen LogP contribution in [0.25, 0.3) is 10.9 Å². The van der Waals surface area contributed by atoms with Gasteiger partial charge in [0.25, 0.3) is 5.56 Å². The van der Waals surface area contributed by atoms with E-state index < -0.39 is 18.1 Å². The summed E-state index contributed by atoms with van der Waals surface area (Å²) in [6.07, 6.45) is 0. The number of aromatic nitrogens is 3. The number of hydrogen-bond acceptors (Lipinski definition) is 4. The Hall–Kier alpha value is -2.24. The normalized spacial score (nSPS) is 10.6. The zero-order valence-electron chi connectivity index (χ0n) is 8.54. The van der Waals surface area contributed by atoms with E-state index in [0.717, 1.165) is 10.2 Å². The predicted octanol–water partition coefficient (Wildman–Crippen LogP) is 0.185. The lowest BCUT2D eigenvalue weighted by atomic mass is 10.1. The van der Waals surface area contributed by atoms with Gasteiger partial charge in [-0.25, -0.2) is 0 Å². The highest BCUT2D eigenvalue weighted by atomic mass is 16.4. The number of aryl methyl sites for hydroxylation is 1. The van der Waals surface area contributed by atoms with Gasteiger partial charge in [-0.2, -0.15) is 4.68 Å². The molecule has 1 aromatic carbocycles. The van der Waals surface area contributed by atoms with Crippen molar-refractivity contribution in [3.63, 3.8) is 0 Å². The zero-order valence-corrected chi connectivity index (χ0v) is 8.54. The van der Waals surface area contributed by atoms with Gasteiger partial charge in [0.05, 0.1) is 5.39 Å². The molecular formula is C10H9N3O3. The molecule has 2 rings (SSSR count). The minimum atomic E-state index is -1.12. The number of hydrogen-bond donors (Lipinski definition) is 1. The van der Waals surface area contributed by atoms with E-state index in [-0.39, 0.29) is 0 Å². The molecule has 0 amide bonds. The van der Waals surface area contributed by atoms with Gasteiger partial charge in [0.1, 0.15) is 12.1 Å². The molecule has 0 aliphatic heterocycles. The monoisotopic (exact) mass is 219 g/mol. The van der Waals surface area contributed by atoms with Crippen molar-refractivity contribution in [3.05, 3.63) is 34.1 Å².